The smallest absolute Gasteiger partial charge is 0.224 e. The maximum absolute atomic E-state index is 5.91. The molecule has 5 nitrogen and oxygen atoms in total. The van der Waals surface area contributed by atoms with E-state index in [0.29, 0.717) is 18.1 Å². The fraction of sp³-hybridized carbons (Fsp3) is 0.692. The first-order valence-electron chi connectivity index (χ1n) is 6.88. The summed E-state index contributed by atoms with van der Waals surface area (Å²) < 4.78 is 6.87. The first-order chi connectivity index (χ1) is 9.29. The molecule has 1 aromatic heterocycles. The van der Waals surface area contributed by atoms with Crippen molar-refractivity contribution < 1.29 is 4.74 Å². The highest BCUT2D eigenvalue weighted by Gasteiger charge is 2.35. The van der Waals surface area contributed by atoms with Gasteiger partial charge in [-0.25, -0.2) is 4.98 Å². The molecule has 0 spiro atoms. The number of anilines is 2. The van der Waals surface area contributed by atoms with E-state index in [2.05, 4.69) is 36.1 Å². The largest absolute Gasteiger partial charge is 0.374 e. The Morgan fingerprint density at radius 1 is 1.42 bits per heavy atom. The first kappa shape index (κ1) is 13.1. The van der Waals surface area contributed by atoms with Gasteiger partial charge in [0.2, 0.25) is 5.95 Å². The first-order valence-corrected chi connectivity index (χ1v) is 7.67. The fourth-order valence-electron chi connectivity index (χ4n) is 3.04. The van der Waals surface area contributed by atoms with Crippen molar-refractivity contribution in [2.24, 2.45) is 0 Å². The van der Waals surface area contributed by atoms with Crippen LogP contribution in [-0.4, -0.2) is 42.3 Å². The minimum atomic E-state index is 0.363. The van der Waals surface area contributed by atoms with Crippen LogP contribution in [0.15, 0.2) is 10.7 Å². The molecule has 1 N–H and O–H groups in total. The number of fused-ring (bicyclic) bond motifs is 1. The van der Waals surface area contributed by atoms with Gasteiger partial charge in [-0.3, -0.25) is 0 Å². The molecule has 1 aliphatic carbocycles. The van der Waals surface area contributed by atoms with Gasteiger partial charge < -0.3 is 15.0 Å². The van der Waals surface area contributed by atoms with Crippen LogP contribution in [0.1, 0.15) is 25.7 Å². The number of nitrogens with one attached hydrogen (secondary N) is 1. The lowest BCUT2D eigenvalue weighted by atomic mass is 9.90. The maximum atomic E-state index is 5.91. The number of hydrogen-bond donors (Lipinski definition) is 1. The summed E-state index contributed by atoms with van der Waals surface area (Å²) in [6.07, 6.45) is 7.10. The van der Waals surface area contributed by atoms with Crippen molar-refractivity contribution in [2.45, 2.75) is 37.8 Å². The summed E-state index contributed by atoms with van der Waals surface area (Å²) in [5, 5.41) is 3.00. The van der Waals surface area contributed by atoms with E-state index in [0.717, 1.165) is 23.4 Å². The zero-order valence-corrected chi connectivity index (χ0v) is 12.7. The van der Waals surface area contributed by atoms with Gasteiger partial charge in [0.25, 0.3) is 0 Å². The van der Waals surface area contributed by atoms with Crippen LogP contribution >= 0.6 is 15.9 Å². The Hall–Kier alpha value is -0.880. The average molecular weight is 327 g/mol. The van der Waals surface area contributed by atoms with Crippen LogP contribution in [0.3, 0.4) is 0 Å². The molecular weight excluding hydrogens is 308 g/mol. The van der Waals surface area contributed by atoms with E-state index in [-0.39, 0.29) is 0 Å². The number of morpholine rings is 1. The van der Waals surface area contributed by atoms with Crippen LogP contribution in [0.4, 0.5) is 11.8 Å². The summed E-state index contributed by atoms with van der Waals surface area (Å²) in [6, 6.07) is 0.457. The average Bonchev–Trinajstić information content (AvgIpc) is 2.47. The van der Waals surface area contributed by atoms with Crippen LogP contribution in [0, 0.1) is 0 Å². The normalized spacial score (nSPS) is 26.9. The van der Waals surface area contributed by atoms with Crippen molar-refractivity contribution in [3.63, 3.8) is 0 Å². The predicted octanol–water partition coefficient (Wildman–Crippen LogP) is 2.43. The summed E-state index contributed by atoms with van der Waals surface area (Å²) in [6.45, 7) is 1.69. The summed E-state index contributed by atoms with van der Waals surface area (Å²) in [4.78, 5) is 11.2. The van der Waals surface area contributed by atoms with E-state index in [1.165, 1.54) is 25.7 Å². The zero-order valence-electron chi connectivity index (χ0n) is 11.1. The van der Waals surface area contributed by atoms with Crippen molar-refractivity contribution in [2.75, 3.05) is 30.4 Å². The molecule has 104 valence electrons. The van der Waals surface area contributed by atoms with E-state index in [4.69, 9.17) is 4.74 Å². The fourth-order valence-corrected chi connectivity index (χ4v) is 3.46. The summed E-state index contributed by atoms with van der Waals surface area (Å²) in [7, 11) is 1.84. The highest BCUT2D eigenvalue weighted by Crippen LogP contribution is 2.34. The summed E-state index contributed by atoms with van der Waals surface area (Å²) in [5.41, 5.74) is 0. The van der Waals surface area contributed by atoms with Gasteiger partial charge in [0, 0.05) is 19.8 Å². The number of aromatic nitrogens is 2. The van der Waals surface area contributed by atoms with Gasteiger partial charge in [0.1, 0.15) is 5.82 Å². The van der Waals surface area contributed by atoms with E-state index >= 15 is 0 Å². The molecule has 1 aromatic rings. The Balaban J connectivity index is 1.91. The molecule has 19 heavy (non-hydrogen) atoms. The Kier molecular flexibility index (Phi) is 3.88. The number of ether oxygens (including phenoxy) is 1. The van der Waals surface area contributed by atoms with Crippen LogP contribution in [0.25, 0.3) is 0 Å². The molecule has 0 bridgehead atoms. The lowest BCUT2D eigenvalue weighted by Gasteiger charge is -2.44. The minimum Gasteiger partial charge on any atom is -0.374 e. The van der Waals surface area contributed by atoms with E-state index < -0.39 is 0 Å². The number of nitrogens with zero attached hydrogens (tertiary/aromatic N) is 3. The third-order valence-electron chi connectivity index (χ3n) is 3.95. The van der Waals surface area contributed by atoms with Crippen molar-refractivity contribution in [3.8, 4) is 0 Å². The Labute approximate surface area is 121 Å². The van der Waals surface area contributed by atoms with Gasteiger partial charge in [-0.1, -0.05) is 12.8 Å². The van der Waals surface area contributed by atoms with E-state index in [1.54, 1.807) is 0 Å². The van der Waals surface area contributed by atoms with Crippen molar-refractivity contribution >= 4 is 27.7 Å². The van der Waals surface area contributed by atoms with Gasteiger partial charge in [0.05, 0.1) is 23.2 Å². The Morgan fingerprint density at radius 2 is 2.26 bits per heavy atom. The molecule has 1 saturated heterocycles. The Morgan fingerprint density at radius 3 is 3.11 bits per heavy atom. The molecule has 2 fully saturated rings. The predicted molar refractivity (Wildman–Crippen MR) is 78.6 cm³/mol. The molecule has 2 heterocycles. The summed E-state index contributed by atoms with van der Waals surface area (Å²) >= 11 is 3.58. The third-order valence-corrected chi connectivity index (χ3v) is 4.51. The molecule has 6 heteroatoms. The van der Waals surface area contributed by atoms with Crippen molar-refractivity contribution in [1.29, 1.82) is 0 Å². The lowest BCUT2D eigenvalue weighted by molar-refractivity contribution is -0.00904. The second-order valence-corrected chi connectivity index (χ2v) is 5.92. The van der Waals surface area contributed by atoms with E-state index in [9.17, 15) is 0 Å². The molecule has 1 saturated carbocycles. The maximum Gasteiger partial charge on any atom is 0.224 e. The third kappa shape index (κ3) is 2.56. The molecule has 0 aromatic carbocycles. The minimum absolute atomic E-state index is 0.363. The highest BCUT2D eigenvalue weighted by atomic mass is 79.9. The SMILES string of the molecule is CNc1ncc(Br)c(N2CCOC3CCCCC32)n1. The number of hydrogen-bond acceptors (Lipinski definition) is 5. The quantitative estimate of drug-likeness (QED) is 0.904. The molecule has 1 aliphatic heterocycles. The standard InChI is InChI=1S/C13H19BrN4O/c1-15-13-16-8-9(14)12(17-13)18-6-7-19-11-5-3-2-4-10(11)18/h8,10-11H,2-7H2,1H3,(H,15,16,17). The van der Waals surface area contributed by atoms with Crippen LogP contribution < -0.4 is 10.2 Å². The molecule has 2 atom stereocenters. The second-order valence-electron chi connectivity index (χ2n) is 5.07. The molecule has 0 amide bonds. The lowest BCUT2D eigenvalue weighted by Crippen LogP contribution is -2.53. The molecule has 2 aliphatic rings. The van der Waals surface area contributed by atoms with Gasteiger partial charge in [-0.05, 0) is 28.8 Å². The molecular formula is C13H19BrN4O. The van der Waals surface area contributed by atoms with Crippen LogP contribution in [-0.2, 0) is 4.74 Å². The zero-order chi connectivity index (χ0) is 13.2. The van der Waals surface area contributed by atoms with Gasteiger partial charge in [-0.15, -0.1) is 0 Å². The monoisotopic (exact) mass is 326 g/mol. The van der Waals surface area contributed by atoms with Crippen LogP contribution in [0.2, 0.25) is 0 Å². The number of rotatable bonds is 2. The van der Waals surface area contributed by atoms with Crippen molar-refractivity contribution in [1.82, 2.24) is 9.97 Å². The molecule has 2 unspecified atom stereocenters. The number of halogens is 1. The van der Waals surface area contributed by atoms with Gasteiger partial charge >= 0.3 is 0 Å². The highest BCUT2D eigenvalue weighted by molar-refractivity contribution is 9.10. The van der Waals surface area contributed by atoms with Crippen molar-refractivity contribution in [3.05, 3.63) is 10.7 Å². The van der Waals surface area contributed by atoms with E-state index in [1.807, 2.05) is 13.2 Å². The van der Waals surface area contributed by atoms with Crippen LogP contribution in [0.5, 0.6) is 0 Å². The summed E-state index contributed by atoms with van der Waals surface area (Å²) in [5.74, 6) is 1.65. The molecule has 3 rings (SSSR count). The Bertz CT molecular complexity index is 454. The second kappa shape index (κ2) is 5.63. The molecule has 0 radical (unpaired) electrons. The van der Waals surface area contributed by atoms with Gasteiger partial charge in [-0.2, -0.15) is 4.98 Å². The topological polar surface area (TPSA) is 50.3 Å². The van der Waals surface area contributed by atoms with Gasteiger partial charge in [0.15, 0.2) is 0 Å².